The van der Waals surface area contributed by atoms with Gasteiger partial charge < -0.3 is 11.1 Å². The maximum Gasteiger partial charge on any atom is 0.332 e. The molecule has 0 saturated carbocycles. The first-order chi connectivity index (χ1) is 8.91. The Hall–Kier alpha value is -2.30. The van der Waals surface area contributed by atoms with Crippen LogP contribution in [0.3, 0.4) is 0 Å². The molecule has 1 aromatic rings. The van der Waals surface area contributed by atoms with Crippen molar-refractivity contribution in [3.8, 4) is 0 Å². The van der Waals surface area contributed by atoms with Crippen LogP contribution in [0, 0.1) is 5.92 Å². The Kier molecular flexibility index (Phi) is 5.11. The Balaban J connectivity index is 2.86. The van der Waals surface area contributed by atoms with Crippen LogP contribution in [-0.4, -0.2) is 11.9 Å². The number of hydrogen-bond acceptors (Lipinski definition) is 3. The highest BCUT2D eigenvalue weighted by Crippen LogP contribution is 2.16. The number of benzene rings is 1. The molecule has 1 aromatic carbocycles. The number of nitrogens with one attached hydrogen (secondary N) is 1. The minimum Gasteiger partial charge on any atom is -0.399 e. The van der Waals surface area contributed by atoms with Gasteiger partial charge >= 0.3 is 6.03 Å². The summed E-state index contributed by atoms with van der Waals surface area (Å²) in [5.41, 5.74) is 6.64. The highest BCUT2D eigenvalue weighted by molar-refractivity contribution is 6.13. The van der Waals surface area contributed by atoms with Crippen molar-refractivity contribution in [1.82, 2.24) is 5.32 Å². The Bertz CT molecular complexity index is 478. The lowest BCUT2D eigenvalue weighted by molar-refractivity contribution is -0.115. The molecule has 102 valence electrons. The molecule has 3 N–H and O–H groups in total. The third-order valence-electron chi connectivity index (χ3n) is 2.36. The SMILES string of the molecule is CC(=O)N(C(=O)N/C=C/C(C)C)c1ccc(N)cc1. The molecular formula is C14H19N3O2. The molecule has 5 heteroatoms. The lowest BCUT2D eigenvalue weighted by Crippen LogP contribution is -2.41. The number of nitrogens with two attached hydrogens (primary N) is 1. The number of amides is 3. The van der Waals surface area contributed by atoms with Crippen molar-refractivity contribution in [3.05, 3.63) is 36.5 Å². The molecular weight excluding hydrogens is 242 g/mol. The Morgan fingerprint density at radius 2 is 1.84 bits per heavy atom. The monoisotopic (exact) mass is 261 g/mol. The van der Waals surface area contributed by atoms with E-state index in [1.165, 1.54) is 6.92 Å². The maximum absolute atomic E-state index is 12.0. The fourth-order valence-corrected chi connectivity index (χ4v) is 1.44. The van der Waals surface area contributed by atoms with Gasteiger partial charge in [0.1, 0.15) is 0 Å². The number of imide groups is 1. The number of nitrogen functional groups attached to an aromatic ring is 1. The summed E-state index contributed by atoms with van der Waals surface area (Å²) < 4.78 is 0. The van der Waals surface area contributed by atoms with E-state index in [4.69, 9.17) is 5.73 Å². The molecule has 19 heavy (non-hydrogen) atoms. The third-order valence-corrected chi connectivity index (χ3v) is 2.36. The van der Waals surface area contributed by atoms with Crippen molar-refractivity contribution in [2.45, 2.75) is 20.8 Å². The van der Waals surface area contributed by atoms with Gasteiger partial charge in [0.05, 0.1) is 5.69 Å². The number of rotatable bonds is 3. The number of allylic oxidation sites excluding steroid dienone is 1. The van der Waals surface area contributed by atoms with Crippen molar-refractivity contribution >= 4 is 23.3 Å². The zero-order valence-electron chi connectivity index (χ0n) is 11.4. The largest absolute Gasteiger partial charge is 0.399 e. The van der Waals surface area contributed by atoms with Gasteiger partial charge in [0.2, 0.25) is 5.91 Å². The first-order valence-electron chi connectivity index (χ1n) is 6.05. The predicted molar refractivity (Wildman–Crippen MR) is 76.5 cm³/mol. The molecule has 0 saturated heterocycles. The highest BCUT2D eigenvalue weighted by atomic mass is 16.2. The molecule has 0 spiro atoms. The predicted octanol–water partition coefficient (Wildman–Crippen LogP) is 2.50. The number of nitrogens with zero attached hydrogens (tertiary/aromatic N) is 1. The minimum absolute atomic E-state index is 0.322. The summed E-state index contributed by atoms with van der Waals surface area (Å²) in [4.78, 5) is 24.6. The van der Waals surface area contributed by atoms with E-state index in [9.17, 15) is 9.59 Å². The molecule has 0 aromatic heterocycles. The lowest BCUT2D eigenvalue weighted by atomic mass is 10.2. The number of hydrogen-bond donors (Lipinski definition) is 2. The van der Waals surface area contributed by atoms with Gasteiger partial charge in [0, 0.05) is 18.8 Å². The van der Waals surface area contributed by atoms with Crippen LogP contribution in [0.25, 0.3) is 0 Å². The second-order valence-corrected chi connectivity index (χ2v) is 4.50. The van der Waals surface area contributed by atoms with Crippen molar-refractivity contribution in [2.24, 2.45) is 5.92 Å². The molecule has 0 aliphatic rings. The van der Waals surface area contributed by atoms with E-state index in [0.717, 1.165) is 4.90 Å². The highest BCUT2D eigenvalue weighted by Gasteiger charge is 2.18. The summed E-state index contributed by atoms with van der Waals surface area (Å²) in [7, 11) is 0. The first-order valence-corrected chi connectivity index (χ1v) is 6.05. The Morgan fingerprint density at radius 3 is 2.32 bits per heavy atom. The van der Waals surface area contributed by atoms with Crippen LogP contribution >= 0.6 is 0 Å². The van der Waals surface area contributed by atoms with Gasteiger partial charge in [0.25, 0.3) is 0 Å². The topological polar surface area (TPSA) is 75.4 Å². The first kappa shape index (κ1) is 14.8. The standard InChI is InChI=1S/C14H19N3O2/c1-10(2)8-9-16-14(19)17(11(3)18)13-6-4-12(15)5-7-13/h4-10H,15H2,1-3H3,(H,16,19)/b9-8+. The second kappa shape index (κ2) is 6.58. The van der Waals surface area contributed by atoms with Gasteiger partial charge in [-0.05, 0) is 30.2 Å². The van der Waals surface area contributed by atoms with Crippen LogP contribution in [0.5, 0.6) is 0 Å². The third kappa shape index (κ3) is 4.46. The number of carbonyl (C=O) groups is 2. The molecule has 3 amide bonds. The Morgan fingerprint density at radius 1 is 1.26 bits per heavy atom. The average Bonchev–Trinajstić information content (AvgIpc) is 2.31. The van der Waals surface area contributed by atoms with E-state index in [2.05, 4.69) is 5.32 Å². The molecule has 1 rings (SSSR count). The molecule has 0 atom stereocenters. The van der Waals surface area contributed by atoms with Crippen molar-refractivity contribution in [2.75, 3.05) is 10.6 Å². The molecule has 0 bridgehead atoms. The molecule has 0 aliphatic carbocycles. The van der Waals surface area contributed by atoms with E-state index < -0.39 is 6.03 Å². The van der Waals surface area contributed by atoms with Crippen molar-refractivity contribution in [1.29, 1.82) is 0 Å². The zero-order chi connectivity index (χ0) is 14.4. The van der Waals surface area contributed by atoms with Crippen LogP contribution in [0.2, 0.25) is 0 Å². The number of urea groups is 1. The molecule has 5 nitrogen and oxygen atoms in total. The van der Waals surface area contributed by atoms with Crippen LogP contribution in [0.4, 0.5) is 16.2 Å². The van der Waals surface area contributed by atoms with Gasteiger partial charge in [-0.1, -0.05) is 19.9 Å². The van der Waals surface area contributed by atoms with E-state index in [0.29, 0.717) is 17.3 Å². The lowest BCUT2D eigenvalue weighted by Gasteiger charge is -2.18. The quantitative estimate of drug-likeness (QED) is 0.821. The van der Waals surface area contributed by atoms with Gasteiger partial charge in [-0.3, -0.25) is 4.79 Å². The van der Waals surface area contributed by atoms with Gasteiger partial charge in [0.15, 0.2) is 0 Å². The smallest absolute Gasteiger partial charge is 0.332 e. The van der Waals surface area contributed by atoms with E-state index in [1.54, 1.807) is 30.5 Å². The van der Waals surface area contributed by atoms with Gasteiger partial charge in [-0.2, -0.15) is 0 Å². The molecule has 0 aliphatic heterocycles. The van der Waals surface area contributed by atoms with E-state index in [-0.39, 0.29) is 5.91 Å². The summed E-state index contributed by atoms with van der Waals surface area (Å²) in [5.74, 6) is -0.0391. The summed E-state index contributed by atoms with van der Waals surface area (Å²) in [6, 6.07) is 6.05. The second-order valence-electron chi connectivity index (χ2n) is 4.50. The number of anilines is 2. The van der Waals surface area contributed by atoms with Gasteiger partial charge in [-0.25, -0.2) is 9.69 Å². The van der Waals surface area contributed by atoms with Crippen molar-refractivity contribution < 1.29 is 9.59 Å². The van der Waals surface area contributed by atoms with Crippen LogP contribution in [0.15, 0.2) is 36.5 Å². The number of carbonyl (C=O) groups excluding carboxylic acids is 2. The molecule has 0 heterocycles. The van der Waals surface area contributed by atoms with E-state index >= 15 is 0 Å². The fourth-order valence-electron chi connectivity index (χ4n) is 1.44. The zero-order valence-corrected chi connectivity index (χ0v) is 11.4. The van der Waals surface area contributed by atoms with Crippen LogP contribution < -0.4 is 16.0 Å². The summed E-state index contributed by atoms with van der Waals surface area (Å²) in [6.07, 6.45) is 3.37. The van der Waals surface area contributed by atoms with Gasteiger partial charge in [-0.15, -0.1) is 0 Å². The molecule has 0 fully saturated rings. The average molecular weight is 261 g/mol. The fraction of sp³-hybridized carbons (Fsp3) is 0.286. The minimum atomic E-state index is -0.492. The summed E-state index contributed by atoms with van der Waals surface area (Å²) in [6.45, 7) is 5.32. The summed E-state index contributed by atoms with van der Waals surface area (Å²) >= 11 is 0. The van der Waals surface area contributed by atoms with Crippen LogP contribution in [0.1, 0.15) is 20.8 Å². The van der Waals surface area contributed by atoms with Crippen LogP contribution in [-0.2, 0) is 4.79 Å². The maximum atomic E-state index is 12.0. The Labute approximate surface area is 113 Å². The summed E-state index contributed by atoms with van der Waals surface area (Å²) in [5, 5.41) is 2.56. The molecule has 0 radical (unpaired) electrons. The molecule has 0 unspecified atom stereocenters. The van der Waals surface area contributed by atoms with E-state index in [1.807, 2.05) is 19.9 Å². The normalized spacial score (nSPS) is 10.7. The van der Waals surface area contributed by atoms with Crippen molar-refractivity contribution in [3.63, 3.8) is 0 Å².